The molecular formula is C17H21N5O4. The summed E-state index contributed by atoms with van der Waals surface area (Å²) < 4.78 is 15.8. The van der Waals surface area contributed by atoms with E-state index in [-0.39, 0.29) is 11.9 Å². The van der Waals surface area contributed by atoms with Gasteiger partial charge in [-0.15, -0.1) is 0 Å². The average molecular weight is 359 g/mol. The Hall–Kier alpha value is -3.23. The Morgan fingerprint density at radius 1 is 1.12 bits per heavy atom. The van der Waals surface area contributed by atoms with Gasteiger partial charge in [0.1, 0.15) is 11.6 Å². The van der Waals surface area contributed by atoms with Crippen molar-refractivity contribution in [3.63, 3.8) is 0 Å². The molecule has 1 aromatic carbocycles. The molecule has 2 aromatic rings. The van der Waals surface area contributed by atoms with Gasteiger partial charge in [-0.25, -0.2) is 0 Å². The number of nitrogens with one attached hydrogen (secondary N) is 3. The molecule has 1 aromatic heterocycles. The molecule has 9 nitrogen and oxygen atoms in total. The second-order valence-electron chi connectivity index (χ2n) is 5.52. The van der Waals surface area contributed by atoms with Gasteiger partial charge in [-0.1, -0.05) is 0 Å². The Balaban J connectivity index is 1.91. The average Bonchev–Trinajstić information content (AvgIpc) is 3.14. The van der Waals surface area contributed by atoms with Gasteiger partial charge < -0.3 is 24.8 Å². The van der Waals surface area contributed by atoms with Crippen LogP contribution >= 0.6 is 0 Å². The quantitative estimate of drug-likeness (QED) is 0.716. The number of hydrogen-bond donors (Lipinski definition) is 3. The number of benzene rings is 1. The second kappa shape index (κ2) is 7.34. The smallest absolute Gasteiger partial charge is 0.258 e. The Morgan fingerprint density at radius 3 is 2.38 bits per heavy atom. The maximum Gasteiger partial charge on any atom is 0.258 e. The van der Waals surface area contributed by atoms with Gasteiger partial charge in [0, 0.05) is 24.7 Å². The lowest BCUT2D eigenvalue weighted by molar-refractivity contribution is 0.102. The zero-order chi connectivity index (χ0) is 18.7. The van der Waals surface area contributed by atoms with E-state index in [4.69, 9.17) is 14.2 Å². The number of methoxy groups -OCH3 is 3. The molecule has 0 aliphatic carbocycles. The van der Waals surface area contributed by atoms with Crippen LogP contribution in [-0.2, 0) is 6.42 Å². The highest BCUT2D eigenvalue weighted by atomic mass is 16.5. The molecule has 1 amide bonds. The van der Waals surface area contributed by atoms with Crippen LogP contribution in [0.2, 0.25) is 0 Å². The van der Waals surface area contributed by atoms with E-state index in [0.717, 1.165) is 24.3 Å². The van der Waals surface area contributed by atoms with Gasteiger partial charge in [-0.05, 0) is 18.6 Å². The van der Waals surface area contributed by atoms with Crippen molar-refractivity contribution in [3.05, 3.63) is 23.3 Å². The summed E-state index contributed by atoms with van der Waals surface area (Å²) in [6, 6.07) is 3.14. The first-order valence-electron chi connectivity index (χ1n) is 8.05. The van der Waals surface area contributed by atoms with Crippen LogP contribution in [0.3, 0.4) is 0 Å². The highest BCUT2D eigenvalue weighted by molar-refractivity contribution is 6.04. The predicted octanol–water partition coefficient (Wildman–Crippen LogP) is 1.76. The molecule has 0 bridgehead atoms. The number of anilines is 3. The zero-order valence-electron chi connectivity index (χ0n) is 15.1. The summed E-state index contributed by atoms with van der Waals surface area (Å²) >= 11 is 0. The molecule has 0 spiro atoms. The van der Waals surface area contributed by atoms with Crippen LogP contribution in [0.25, 0.3) is 0 Å². The molecule has 0 saturated carbocycles. The summed E-state index contributed by atoms with van der Waals surface area (Å²) in [5.41, 5.74) is 1.35. The van der Waals surface area contributed by atoms with Crippen molar-refractivity contribution in [3.8, 4) is 17.2 Å². The van der Waals surface area contributed by atoms with Gasteiger partial charge in [0.25, 0.3) is 5.91 Å². The molecule has 9 heteroatoms. The first-order chi connectivity index (χ1) is 12.6. The van der Waals surface area contributed by atoms with Crippen LogP contribution in [0.1, 0.15) is 15.9 Å². The van der Waals surface area contributed by atoms with E-state index in [1.165, 1.54) is 21.3 Å². The number of amides is 1. The van der Waals surface area contributed by atoms with E-state index in [1.54, 1.807) is 19.2 Å². The molecule has 1 aliphatic heterocycles. The third-order valence-electron chi connectivity index (χ3n) is 4.06. The second-order valence-corrected chi connectivity index (χ2v) is 5.52. The van der Waals surface area contributed by atoms with Crippen molar-refractivity contribution in [1.29, 1.82) is 0 Å². The maximum absolute atomic E-state index is 12.7. The number of hydrogen-bond acceptors (Lipinski definition) is 8. The van der Waals surface area contributed by atoms with Gasteiger partial charge in [0.15, 0.2) is 11.5 Å². The highest BCUT2D eigenvalue weighted by Gasteiger charge is 2.21. The summed E-state index contributed by atoms with van der Waals surface area (Å²) in [4.78, 5) is 21.4. The standard InChI is InChI=1S/C17H21N5O4/c1-18-14-10-5-6-19-15(10)21-17(20-14)22-16(23)9-7-11(24-2)13(26-4)12(8-9)25-3/h7-8H,5-6H2,1-4H3,(H3,18,19,20,21,22,23). The SMILES string of the molecule is CNc1nc(NC(=O)c2cc(OC)c(OC)c(OC)c2)nc2c1CCN2. The van der Waals surface area contributed by atoms with Crippen molar-refractivity contribution in [2.75, 3.05) is 50.9 Å². The van der Waals surface area contributed by atoms with E-state index in [1.807, 2.05) is 0 Å². The monoisotopic (exact) mass is 359 g/mol. The largest absolute Gasteiger partial charge is 0.493 e. The maximum atomic E-state index is 12.7. The Morgan fingerprint density at radius 2 is 1.81 bits per heavy atom. The van der Waals surface area contributed by atoms with Crippen molar-refractivity contribution < 1.29 is 19.0 Å². The predicted molar refractivity (Wildman–Crippen MR) is 97.8 cm³/mol. The van der Waals surface area contributed by atoms with Gasteiger partial charge in [0.05, 0.1) is 21.3 Å². The molecule has 0 radical (unpaired) electrons. The summed E-state index contributed by atoms with van der Waals surface area (Å²) in [7, 11) is 6.28. The Labute approximate surface area is 151 Å². The van der Waals surface area contributed by atoms with Gasteiger partial charge in [-0.2, -0.15) is 9.97 Å². The molecular weight excluding hydrogens is 338 g/mol. The summed E-state index contributed by atoms with van der Waals surface area (Å²) in [5.74, 6) is 2.45. The molecule has 2 heterocycles. The van der Waals surface area contributed by atoms with E-state index < -0.39 is 0 Å². The minimum atomic E-state index is -0.385. The van der Waals surface area contributed by atoms with E-state index in [9.17, 15) is 4.79 Å². The lowest BCUT2D eigenvalue weighted by atomic mass is 10.1. The molecule has 1 aliphatic rings. The molecule has 138 valence electrons. The van der Waals surface area contributed by atoms with Crippen molar-refractivity contribution in [2.45, 2.75) is 6.42 Å². The molecule has 0 unspecified atom stereocenters. The number of nitrogens with zero attached hydrogens (tertiary/aromatic N) is 2. The van der Waals surface area contributed by atoms with Gasteiger partial charge in [0.2, 0.25) is 11.7 Å². The van der Waals surface area contributed by atoms with Crippen LogP contribution in [0.15, 0.2) is 12.1 Å². The molecule has 3 N–H and O–H groups in total. The number of ether oxygens (including phenoxy) is 3. The Kier molecular flexibility index (Phi) is 4.97. The fourth-order valence-electron chi connectivity index (χ4n) is 2.82. The van der Waals surface area contributed by atoms with Crippen molar-refractivity contribution >= 4 is 23.5 Å². The number of aromatic nitrogens is 2. The first kappa shape index (κ1) is 17.6. The molecule has 3 rings (SSSR count). The third-order valence-corrected chi connectivity index (χ3v) is 4.06. The topological polar surface area (TPSA) is 107 Å². The molecule has 0 atom stereocenters. The number of rotatable bonds is 6. The summed E-state index contributed by atoms with van der Waals surface area (Å²) in [6.07, 6.45) is 0.840. The number of fused-ring (bicyclic) bond motifs is 1. The fraction of sp³-hybridized carbons (Fsp3) is 0.353. The third kappa shape index (κ3) is 3.15. The van der Waals surface area contributed by atoms with Crippen LogP contribution in [0, 0.1) is 0 Å². The summed E-state index contributed by atoms with van der Waals surface area (Å²) in [6.45, 7) is 0.795. The molecule has 0 fully saturated rings. The van der Waals surface area contributed by atoms with Crippen LogP contribution < -0.4 is 30.2 Å². The van der Waals surface area contributed by atoms with Crippen LogP contribution in [0.5, 0.6) is 17.2 Å². The van der Waals surface area contributed by atoms with Crippen molar-refractivity contribution in [1.82, 2.24) is 9.97 Å². The molecule has 26 heavy (non-hydrogen) atoms. The minimum absolute atomic E-state index is 0.209. The van der Waals surface area contributed by atoms with E-state index in [2.05, 4.69) is 25.9 Å². The lowest BCUT2D eigenvalue weighted by Crippen LogP contribution is -2.16. The van der Waals surface area contributed by atoms with Crippen molar-refractivity contribution in [2.24, 2.45) is 0 Å². The first-order valence-corrected chi connectivity index (χ1v) is 8.05. The summed E-state index contributed by atoms with van der Waals surface area (Å²) in [5, 5.41) is 8.92. The Bertz CT molecular complexity index is 815. The van der Waals surface area contributed by atoms with Gasteiger partial charge >= 0.3 is 0 Å². The zero-order valence-corrected chi connectivity index (χ0v) is 15.1. The van der Waals surface area contributed by atoms with Crippen LogP contribution in [-0.4, -0.2) is 50.8 Å². The molecule has 0 saturated heterocycles. The fourth-order valence-corrected chi connectivity index (χ4v) is 2.82. The highest BCUT2D eigenvalue weighted by Crippen LogP contribution is 2.38. The van der Waals surface area contributed by atoms with E-state index >= 15 is 0 Å². The van der Waals surface area contributed by atoms with Crippen LogP contribution in [0.4, 0.5) is 17.6 Å². The number of carbonyl (C=O) groups excluding carboxylic acids is 1. The van der Waals surface area contributed by atoms with Gasteiger partial charge in [-0.3, -0.25) is 10.1 Å². The van der Waals surface area contributed by atoms with E-state index in [0.29, 0.717) is 28.6 Å². The normalized spacial score (nSPS) is 12.0. The minimum Gasteiger partial charge on any atom is -0.493 e. The number of carbonyl (C=O) groups is 1. The lowest BCUT2D eigenvalue weighted by Gasteiger charge is -2.14.